The van der Waals surface area contributed by atoms with Crippen molar-refractivity contribution >= 4 is 21.9 Å². The van der Waals surface area contributed by atoms with Gasteiger partial charge in [0.15, 0.2) is 0 Å². The Balaban J connectivity index is 2.31. The first-order valence-corrected chi connectivity index (χ1v) is 6.08. The van der Waals surface area contributed by atoms with Crippen molar-refractivity contribution in [1.29, 1.82) is 0 Å². The van der Waals surface area contributed by atoms with Crippen LogP contribution in [0.25, 0.3) is 11.3 Å². The Morgan fingerprint density at radius 1 is 1.44 bits per heavy atom. The van der Waals surface area contributed by atoms with Crippen LogP contribution in [0.1, 0.15) is 12.1 Å². The molecule has 0 unspecified atom stereocenters. The predicted molar refractivity (Wildman–Crippen MR) is 67.6 cm³/mol. The van der Waals surface area contributed by atoms with E-state index >= 15 is 0 Å². The highest BCUT2D eigenvalue weighted by atomic mass is 79.9. The van der Waals surface area contributed by atoms with Gasteiger partial charge in [0.05, 0.1) is 16.6 Å². The van der Waals surface area contributed by atoms with Gasteiger partial charge in [-0.05, 0) is 28.1 Å². The largest absolute Gasteiger partial charge is 0.481 e. The second-order valence-electron chi connectivity index (χ2n) is 3.74. The summed E-state index contributed by atoms with van der Waals surface area (Å²) in [5.41, 5.74) is 1.48. The van der Waals surface area contributed by atoms with Crippen LogP contribution < -0.4 is 0 Å². The van der Waals surface area contributed by atoms with E-state index in [1.807, 2.05) is 0 Å². The summed E-state index contributed by atoms with van der Waals surface area (Å²) in [6, 6.07) is 6.30. The van der Waals surface area contributed by atoms with Crippen molar-refractivity contribution in [3.63, 3.8) is 0 Å². The van der Waals surface area contributed by atoms with Crippen molar-refractivity contribution in [3.05, 3.63) is 40.2 Å². The molecule has 0 aliphatic rings. The molecule has 2 N–H and O–H groups in total. The number of aromatic amines is 1. The van der Waals surface area contributed by atoms with Crippen molar-refractivity contribution in [2.24, 2.45) is 0 Å². The first kappa shape index (κ1) is 12.8. The van der Waals surface area contributed by atoms with E-state index in [1.165, 1.54) is 6.07 Å². The third kappa shape index (κ3) is 2.59. The Labute approximate surface area is 111 Å². The Kier molecular flexibility index (Phi) is 3.76. The van der Waals surface area contributed by atoms with Gasteiger partial charge in [-0.1, -0.05) is 12.1 Å². The normalized spacial score (nSPS) is 10.6. The molecule has 0 bridgehead atoms. The number of benzene rings is 1. The Morgan fingerprint density at radius 3 is 2.83 bits per heavy atom. The van der Waals surface area contributed by atoms with Crippen molar-refractivity contribution in [1.82, 2.24) is 10.2 Å². The summed E-state index contributed by atoms with van der Waals surface area (Å²) < 4.78 is 14.2. The fraction of sp³-hybridized carbons (Fsp3) is 0.167. The number of hydrogen-bond acceptors (Lipinski definition) is 2. The summed E-state index contributed by atoms with van der Waals surface area (Å²) in [7, 11) is 0. The molecular weight excluding hydrogens is 303 g/mol. The molecule has 18 heavy (non-hydrogen) atoms. The highest BCUT2D eigenvalue weighted by molar-refractivity contribution is 9.10. The first-order chi connectivity index (χ1) is 8.59. The molecule has 0 aliphatic carbocycles. The van der Waals surface area contributed by atoms with Gasteiger partial charge in [0.2, 0.25) is 0 Å². The molecule has 0 saturated carbocycles. The van der Waals surface area contributed by atoms with Crippen molar-refractivity contribution in [3.8, 4) is 11.3 Å². The van der Waals surface area contributed by atoms with Crippen LogP contribution in [0.3, 0.4) is 0 Å². The van der Waals surface area contributed by atoms with Gasteiger partial charge in [-0.15, -0.1) is 0 Å². The number of aliphatic carboxylic acids is 1. The maximum atomic E-state index is 13.6. The highest BCUT2D eigenvalue weighted by Crippen LogP contribution is 2.30. The lowest BCUT2D eigenvalue weighted by Gasteiger charge is -2.00. The number of rotatable bonds is 4. The average molecular weight is 313 g/mol. The molecule has 1 aromatic heterocycles. The molecule has 0 radical (unpaired) electrons. The highest BCUT2D eigenvalue weighted by Gasteiger charge is 2.15. The zero-order valence-corrected chi connectivity index (χ0v) is 10.9. The molecule has 4 nitrogen and oxygen atoms in total. The number of carboxylic acids is 1. The molecule has 0 aliphatic heterocycles. The molecule has 0 spiro atoms. The van der Waals surface area contributed by atoms with E-state index in [0.717, 1.165) is 0 Å². The molecule has 1 heterocycles. The summed E-state index contributed by atoms with van der Waals surface area (Å²) in [4.78, 5) is 10.5. The van der Waals surface area contributed by atoms with E-state index in [2.05, 4.69) is 26.1 Å². The standard InChI is InChI=1S/C12H10BrFN2O2/c13-11-9(5-6-10(17)18)15-16-12(11)7-3-1-2-4-8(7)14/h1-4H,5-6H2,(H,15,16)(H,17,18). The third-order valence-electron chi connectivity index (χ3n) is 2.49. The predicted octanol–water partition coefficient (Wildman–Crippen LogP) is 3.00. The van der Waals surface area contributed by atoms with E-state index in [-0.39, 0.29) is 12.2 Å². The Hall–Kier alpha value is -1.69. The van der Waals surface area contributed by atoms with E-state index in [1.54, 1.807) is 18.2 Å². The summed E-state index contributed by atoms with van der Waals surface area (Å²) >= 11 is 3.32. The van der Waals surface area contributed by atoms with E-state index < -0.39 is 5.97 Å². The van der Waals surface area contributed by atoms with Gasteiger partial charge < -0.3 is 5.11 Å². The number of carbonyl (C=O) groups is 1. The topological polar surface area (TPSA) is 66.0 Å². The number of nitrogens with one attached hydrogen (secondary N) is 1. The number of aromatic nitrogens is 2. The average Bonchev–Trinajstić information content (AvgIpc) is 2.69. The molecular formula is C12H10BrFN2O2. The molecule has 6 heteroatoms. The van der Waals surface area contributed by atoms with Crippen molar-refractivity contribution in [2.45, 2.75) is 12.8 Å². The fourth-order valence-electron chi connectivity index (χ4n) is 1.59. The van der Waals surface area contributed by atoms with Crippen LogP contribution in [0.5, 0.6) is 0 Å². The van der Waals surface area contributed by atoms with Gasteiger partial charge >= 0.3 is 5.97 Å². The number of carboxylic acid groups (broad SMARTS) is 1. The van der Waals surface area contributed by atoms with E-state index in [9.17, 15) is 9.18 Å². The first-order valence-electron chi connectivity index (χ1n) is 5.29. The monoisotopic (exact) mass is 312 g/mol. The Bertz CT molecular complexity index is 583. The van der Waals surface area contributed by atoms with Crippen LogP contribution >= 0.6 is 15.9 Å². The van der Waals surface area contributed by atoms with Crippen molar-refractivity contribution in [2.75, 3.05) is 0 Å². The number of halogens is 2. The summed E-state index contributed by atoms with van der Waals surface area (Å²) in [5, 5.41) is 15.4. The lowest BCUT2D eigenvalue weighted by molar-refractivity contribution is -0.136. The van der Waals surface area contributed by atoms with E-state index in [4.69, 9.17) is 5.11 Å². The molecule has 2 rings (SSSR count). The van der Waals surface area contributed by atoms with Gasteiger partial charge in [0.25, 0.3) is 0 Å². The minimum absolute atomic E-state index is 0.00248. The molecule has 2 aromatic rings. The van der Waals surface area contributed by atoms with Crippen LogP contribution in [0.15, 0.2) is 28.7 Å². The molecule has 0 amide bonds. The minimum Gasteiger partial charge on any atom is -0.481 e. The van der Waals surface area contributed by atoms with Gasteiger partial charge in [0.1, 0.15) is 11.5 Å². The van der Waals surface area contributed by atoms with Crippen LogP contribution in [0, 0.1) is 5.82 Å². The number of H-pyrrole nitrogens is 1. The second kappa shape index (κ2) is 5.30. The minimum atomic E-state index is -0.885. The smallest absolute Gasteiger partial charge is 0.303 e. The second-order valence-corrected chi connectivity index (χ2v) is 4.53. The van der Waals surface area contributed by atoms with E-state index in [0.29, 0.717) is 27.8 Å². The maximum absolute atomic E-state index is 13.6. The number of nitrogens with zero attached hydrogens (tertiary/aromatic N) is 1. The van der Waals surface area contributed by atoms with Gasteiger partial charge in [0, 0.05) is 12.0 Å². The molecule has 0 saturated heterocycles. The van der Waals surface area contributed by atoms with Crippen LogP contribution in [0.4, 0.5) is 4.39 Å². The molecule has 0 fully saturated rings. The third-order valence-corrected chi connectivity index (χ3v) is 3.35. The van der Waals surface area contributed by atoms with Gasteiger partial charge in [-0.2, -0.15) is 5.10 Å². The zero-order valence-electron chi connectivity index (χ0n) is 9.28. The van der Waals surface area contributed by atoms with Crippen molar-refractivity contribution < 1.29 is 14.3 Å². The molecule has 0 atom stereocenters. The van der Waals surface area contributed by atoms with Gasteiger partial charge in [-0.3, -0.25) is 9.89 Å². The quantitative estimate of drug-likeness (QED) is 0.912. The lowest BCUT2D eigenvalue weighted by atomic mass is 10.1. The number of hydrogen-bond donors (Lipinski definition) is 2. The summed E-state index contributed by atoms with van der Waals surface area (Å²) in [5.74, 6) is -1.25. The van der Waals surface area contributed by atoms with Gasteiger partial charge in [-0.25, -0.2) is 4.39 Å². The molecule has 1 aromatic carbocycles. The summed E-state index contributed by atoms with van der Waals surface area (Å²) in [6.07, 6.45) is 0.314. The zero-order chi connectivity index (χ0) is 13.1. The molecule has 94 valence electrons. The lowest BCUT2D eigenvalue weighted by Crippen LogP contribution is -1.98. The van der Waals surface area contributed by atoms with Crippen LogP contribution in [-0.4, -0.2) is 21.3 Å². The SMILES string of the molecule is O=C(O)CCc1[nH]nc(-c2ccccc2F)c1Br. The maximum Gasteiger partial charge on any atom is 0.303 e. The fourth-order valence-corrected chi connectivity index (χ4v) is 2.18. The summed E-state index contributed by atoms with van der Waals surface area (Å²) in [6.45, 7) is 0. The van der Waals surface area contributed by atoms with Crippen LogP contribution in [0.2, 0.25) is 0 Å². The number of aryl methyl sites for hydroxylation is 1. The van der Waals surface area contributed by atoms with Crippen LogP contribution in [-0.2, 0) is 11.2 Å². The Morgan fingerprint density at radius 2 is 2.17 bits per heavy atom.